The number of rotatable bonds is 4. The summed E-state index contributed by atoms with van der Waals surface area (Å²) in [5.41, 5.74) is -0.429. The standard InChI is InChI=1S/C23H32N2O5/c1-5-28-19(26)23-16-21(3,4)30-25(23)22(17(23)2)11-13-24(14-12-22)20(27)29-15-18-9-7-6-8-10-18/h6-10,17H,5,11-16H2,1-4H3. The van der Waals surface area contributed by atoms with Crippen molar-refractivity contribution in [3.05, 3.63) is 35.9 Å². The molecule has 2 unspecified atom stereocenters. The molecule has 0 N–H and O–H groups in total. The van der Waals surface area contributed by atoms with Crippen molar-refractivity contribution in [2.45, 2.75) is 70.2 Å². The maximum Gasteiger partial charge on any atom is 0.410 e. The molecule has 7 heteroatoms. The summed E-state index contributed by atoms with van der Waals surface area (Å²) in [6.45, 7) is 9.78. The normalized spacial score (nSPS) is 29.2. The lowest BCUT2D eigenvalue weighted by Crippen LogP contribution is -2.81. The molecule has 4 rings (SSSR count). The van der Waals surface area contributed by atoms with E-state index in [-0.39, 0.29) is 30.1 Å². The van der Waals surface area contributed by atoms with E-state index in [1.807, 2.05) is 56.2 Å². The van der Waals surface area contributed by atoms with Gasteiger partial charge >= 0.3 is 12.1 Å². The van der Waals surface area contributed by atoms with Crippen LogP contribution in [-0.2, 0) is 25.7 Å². The van der Waals surface area contributed by atoms with Gasteiger partial charge in [-0.2, -0.15) is 5.06 Å². The molecular formula is C23H32N2O5. The zero-order valence-corrected chi connectivity index (χ0v) is 18.3. The van der Waals surface area contributed by atoms with Gasteiger partial charge in [0.15, 0.2) is 5.54 Å². The summed E-state index contributed by atoms with van der Waals surface area (Å²) in [7, 11) is 0. The molecule has 3 fully saturated rings. The van der Waals surface area contributed by atoms with Crippen LogP contribution in [0.25, 0.3) is 0 Å². The van der Waals surface area contributed by atoms with Crippen molar-refractivity contribution >= 4 is 12.1 Å². The Kier molecular flexibility index (Phi) is 5.31. The molecule has 0 aromatic heterocycles. The number of piperidine rings is 1. The molecule has 0 saturated carbocycles. The highest BCUT2D eigenvalue weighted by atomic mass is 16.7. The molecule has 0 bridgehead atoms. The molecular weight excluding hydrogens is 384 g/mol. The van der Waals surface area contributed by atoms with Crippen LogP contribution in [0.15, 0.2) is 30.3 Å². The number of carbonyl (C=O) groups excluding carboxylic acids is 2. The van der Waals surface area contributed by atoms with Gasteiger partial charge in [0.25, 0.3) is 0 Å². The van der Waals surface area contributed by atoms with E-state index in [0.717, 1.165) is 18.4 Å². The summed E-state index contributed by atoms with van der Waals surface area (Å²) in [5.74, 6) is -0.105. The second kappa shape index (κ2) is 7.54. The first-order chi connectivity index (χ1) is 14.2. The molecule has 1 spiro atoms. The number of amides is 1. The van der Waals surface area contributed by atoms with Crippen molar-refractivity contribution in [2.24, 2.45) is 5.92 Å². The van der Waals surface area contributed by atoms with E-state index >= 15 is 0 Å². The molecule has 1 aromatic rings. The zero-order chi connectivity index (χ0) is 21.6. The Morgan fingerprint density at radius 3 is 2.43 bits per heavy atom. The Bertz CT molecular complexity index is 803. The fourth-order valence-electron chi connectivity index (χ4n) is 5.56. The lowest BCUT2D eigenvalue weighted by atomic mass is 9.56. The van der Waals surface area contributed by atoms with E-state index in [1.165, 1.54) is 0 Å². The van der Waals surface area contributed by atoms with E-state index in [4.69, 9.17) is 14.3 Å². The SMILES string of the molecule is CCOC(=O)C12CC(C)(C)ON1C1(CCN(C(=O)OCc3ccccc3)CC1)C2C. The molecule has 0 aliphatic carbocycles. The van der Waals surface area contributed by atoms with Crippen molar-refractivity contribution < 1.29 is 23.9 Å². The number of benzene rings is 1. The molecule has 30 heavy (non-hydrogen) atoms. The molecule has 3 saturated heterocycles. The van der Waals surface area contributed by atoms with Crippen molar-refractivity contribution in [2.75, 3.05) is 19.7 Å². The zero-order valence-electron chi connectivity index (χ0n) is 18.3. The highest BCUT2D eigenvalue weighted by Crippen LogP contribution is 2.63. The van der Waals surface area contributed by atoms with Gasteiger partial charge in [0, 0.05) is 25.4 Å². The minimum atomic E-state index is -0.727. The summed E-state index contributed by atoms with van der Waals surface area (Å²) >= 11 is 0. The Hall–Kier alpha value is -2.12. The van der Waals surface area contributed by atoms with Crippen LogP contribution in [0.5, 0.6) is 0 Å². The van der Waals surface area contributed by atoms with Crippen LogP contribution in [0, 0.1) is 5.92 Å². The van der Waals surface area contributed by atoms with Crippen LogP contribution in [0.2, 0.25) is 0 Å². The Labute approximate surface area is 178 Å². The third-order valence-electron chi connectivity index (χ3n) is 7.04. The summed E-state index contributed by atoms with van der Waals surface area (Å²) < 4.78 is 10.9. The molecule has 3 aliphatic heterocycles. The van der Waals surface area contributed by atoms with Crippen molar-refractivity contribution in [3.63, 3.8) is 0 Å². The van der Waals surface area contributed by atoms with Crippen molar-refractivity contribution in [1.29, 1.82) is 0 Å². The van der Waals surface area contributed by atoms with Crippen LogP contribution in [-0.4, -0.2) is 58.4 Å². The monoisotopic (exact) mass is 416 g/mol. The summed E-state index contributed by atoms with van der Waals surface area (Å²) in [4.78, 5) is 33.5. The number of nitrogens with zero attached hydrogens (tertiary/aromatic N) is 2. The number of hydrogen-bond donors (Lipinski definition) is 0. The third kappa shape index (κ3) is 3.19. The van der Waals surface area contributed by atoms with Gasteiger partial charge in [-0.1, -0.05) is 37.3 Å². The quantitative estimate of drug-likeness (QED) is 0.700. The van der Waals surface area contributed by atoms with Gasteiger partial charge in [-0.05, 0) is 39.2 Å². The molecule has 2 atom stereocenters. The van der Waals surface area contributed by atoms with Gasteiger partial charge in [-0.15, -0.1) is 0 Å². The smallest absolute Gasteiger partial charge is 0.410 e. The average molecular weight is 417 g/mol. The summed E-state index contributed by atoms with van der Waals surface area (Å²) in [5, 5.41) is 1.93. The Morgan fingerprint density at radius 1 is 1.13 bits per heavy atom. The molecule has 164 valence electrons. The van der Waals surface area contributed by atoms with Gasteiger partial charge in [-0.25, -0.2) is 9.59 Å². The maximum absolute atomic E-state index is 12.9. The molecule has 3 aliphatic rings. The number of likely N-dealkylation sites (tertiary alicyclic amines) is 1. The van der Waals surface area contributed by atoms with E-state index < -0.39 is 11.1 Å². The fourth-order valence-corrected chi connectivity index (χ4v) is 5.56. The Balaban J connectivity index is 1.41. The van der Waals surface area contributed by atoms with Gasteiger partial charge in [-0.3, -0.25) is 4.84 Å². The third-order valence-corrected chi connectivity index (χ3v) is 7.04. The number of ether oxygens (including phenoxy) is 2. The van der Waals surface area contributed by atoms with E-state index in [1.54, 1.807) is 4.90 Å². The maximum atomic E-state index is 12.9. The van der Waals surface area contributed by atoms with Crippen LogP contribution < -0.4 is 0 Å². The highest BCUT2D eigenvalue weighted by molar-refractivity contribution is 5.84. The molecule has 0 radical (unpaired) electrons. The minimum absolute atomic E-state index is 0.0910. The lowest BCUT2D eigenvalue weighted by Gasteiger charge is -2.65. The first kappa shape index (κ1) is 21.1. The minimum Gasteiger partial charge on any atom is -0.465 e. The van der Waals surface area contributed by atoms with Crippen molar-refractivity contribution in [3.8, 4) is 0 Å². The Morgan fingerprint density at radius 2 is 1.80 bits per heavy atom. The second-order valence-electron chi connectivity index (χ2n) is 9.32. The van der Waals surface area contributed by atoms with Gasteiger partial charge in [0.1, 0.15) is 6.61 Å². The van der Waals surface area contributed by atoms with Gasteiger partial charge in [0.2, 0.25) is 0 Å². The number of esters is 1. The second-order valence-corrected chi connectivity index (χ2v) is 9.32. The van der Waals surface area contributed by atoms with E-state index in [2.05, 4.69) is 6.92 Å². The first-order valence-electron chi connectivity index (χ1n) is 10.9. The molecule has 1 aromatic carbocycles. The van der Waals surface area contributed by atoms with E-state index in [0.29, 0.717) is 26.1 Å². The van der Waals surface area contributed by atoms with E-state index in [9.17, 15) is 9.59 Å². The highest BCUT2D eigenvalue weighted by Gasteiger charge is 2.77. The molecule has 1 amide bonds. The summed E-state index contributed by atoms with van der Waals surface area (Å²) in [6.07, 6.45) is 1.81. The molecule has 3 heterocycles. The number of hydroxylamine groups is 2. The number of hydrogen-bond acceptors (Lipinski definition) is 6. The number of fused-ring (bicyclic) bond motifs is 2. The van der Waals surface area contributed by atoms with Gasteiger partial charge in [0.05, 0.1) is 17.7 Å². The predicted octanol–water partition coefficient (Wildman–Crippen LogP) is 3.53. The topological polar surface area (TPSA) is 68.3 Å². The largest absolute Gasteiger partial charge is 0.465 e. The number of carbonyl (C=O) groups is 2. The fraction of sp³-hybridized carbons (Fsp3) is 0.652. The van der Waals surface area contributed by atoms with Gasteiger partial charge < -0.3 is 14.4 Å². The van der Waals surface area contributed by atoms with Crippen LogP contribution in [0.1, 0.15) is 52.5 Å². The van der Waals surface area contributed by atoms with Crippen molar-refractivity contribution in [1.82, 2.24) is 9.96 Å². The predicted molar refractivity (Wildman–Crippen MR) is 110 cm³/mol. The average Bonchev–Trinajstić information content (AvgIpc) is 3.03. The van der Waals surface area contributed by atoms with Crippen LogP contribution in [0.4, 0.5) is 4.79 Å². The van der Waals surface area contributed by atoms with Crippen LogP contribution in [0.3, 0.4) is 0 Å². The first-order valence-corrected chi connectivity index (χ1v) is 10.9. The molecule has 7 nitrogen and oxygen atoms in total. The summed E-state index contributed by atoms with van der Waals surface area (Å²) in [6, 6.07) is 9.68. The van der Waals surface area contributed by atoms with Crippen LogP contribution >= 0.6 is 0 Å². The lowest BCUT2D eigenvalue weighted by molar-refractivity contribution is -0.355.